The quantitative estimate of drug-likeness (QED) is 0.505. The lowest BCUT2D eigenvalue weighted by molar-refractivity contribution is 0.0156. The second-order valence-corrected chi connectivity index (χ2v) is 12.9. The highest BCUT2D eigenvalue weighted by Gasteiger charge is 2.33. The van der Waals surface area contributed by atoms with Gasteiger partial charge in [-0.15, -0.1) is 0 Å². The van der Waals surface area contributed by atoms with Gasteiger partial charge in [-0.2, -0.15) is 0 Å². The van der Waals surface area contributed by atoms with E-state index in [1.165, 1.54) is 6.07 Å². The van der Waals surface area contributed by atoms with Crippen LogP contribution in [0.1, 0.15) is 54.4 Å². The van der Waals surface area contributed by atoms with Gasteiger partial charge in [0.25, 0.3) is 0 Å². The third-order valence-corrected chi connectivity index (χ3v) is 6.49. The molecule has 0 radical (unpaired) electrons. The molecule has 0 spiro atoms. The van der Waals surface area contributed by atoms with E-state index in [-0.39, 0.29) is 29.2 Å². The number of rotatable bonds is 3. The molecular weight excluding hydrogens is 582 g/mol. The average molecular weight is 615 g/mol. The summed E-state index contributed by atoms with van der Waals surface area (Å²) in [6.45, 7) is 12.0. The van der Waals surface area contributed by atoms with Gasteiger partial charge in [0.1, 0.15) is 12.2 Å². The molecule has 0 unspecified atom stereocenters. The molecule has 33 heavy (non-hydrogen) atoms. The SMILES string of the molecule is CC(C)(C)NC(=O)OC[C@H]1CCCN1C(=O)OC(C)(C)C.NS(=O)(=O)c1cc(Br)ccc1Br. The molecule has 1 aliphatic heterocycles. The predicted molar refractivity (Wildman–Crippen MR) is 133 cm³/mol. The van der Waals surface area contributed by atoms with Gasteiger partial charge in [0.2, 0.25) is 10.0 Å². The molecule has 1 heterocycles. The minimum Gasteiger partial charge on any atom is -0.447 e. The highest BCUT2D eigenvalue weighted by Crippen LogP contribution is 2.24. The molecule has 9 nitrogen and oxygen atoms in total. The van der Waals surface area contributed by atoms with Crippen molar-refractivity contribution >= 4 is 54.1 Å². The number of nitrogens with two attached hydrogens (primary N) is 1. The normalized spacial score (nSPS) is 16.5. The third kappa shape index (κ3) is 11.5. The molecule has 1 aliphatic rings. The number of likely N-dealkylation sites (tertiary alicyclic amines) is 1. The Morgan fingerprint density at radius 3 is 2.27 bits per heavy atom. The Morgan fingerprint density at radius 1 is 1.18 bits per heavy atom. The first-order chi connectivity index (χ1) is 14.9. The molecule has 0 aliphatic carbocycles. The summed E-state index contributed by atoms with van der Waals surface area (Å²) in [5.74, 6) is 0. The van der Waals surface area contributed by atoms with Crippen LogP contribution in [0.4, 0.5) is 9.59 Å². The first-order valence-electron chi connectivity index (χ1n) is 10.3. The van der Waals surface area contributed by atoms with Gasteiger partial charge >= 0.3 is 12.2 Å². The van der Waals surface area contributed by atoms with Crippen LogP contribution in [0.25, 0.3) is 0 Å². The van der Waals surface area contributed by atoms with E-state index in [2.05, 4.69) is 37.2 Å². The van der Waals surface area contributed by atoms with Crippen LogP contribution >= 0.6 is 31.9 Å². The molecule has 2 amide bonds. The van der Waals surface area contributed by atoms with E-state index in [0.717, 1.165) is 12.8 Å². The molecule has 0 saturated carbocycles. The molecule has 1 aromatic rings. The van der Waals surface area contributed by atoms with Gasteiger partial charge in [-0.3, -0.25) is 0 Å². The van der Waals surface area contributed by atoms with Gasteiger partial charge < -0.3 is 19.7 Å². The minimum absolute atomic E-state index is 0.0804. The number of hydrogen-bond acceptors (Lipinski definition) is 6. The Balaban J connectivity index is 0.000000383. The number of ether oxygens (including phenoxy) is 2. The number of alkyl carbamates (subject to hydrolysis) is 1. The van der Waals surface area contributed by atoms with Crippen molar-refractivity contribution in [3.63, 3.8) is 0 Å². The van der Waals surface area contributed by atoms with Crippen molar-refractivity contribution in [3.05, 3.63) is 27.1 Å². The van der Waals surface area contributed by atoms with E-state index >= 15 is 0 Å². The Morgan fingerprint density at radius 2 is 1.79 bits per heavy atom. The summed E-state index contributed by atoms with van der Waals surface area (Å²) in [6.07, 6.45) is 0.916. The van der Waals surface area contributed by atoms with Gasteiger partial charge in [-0.05, 0) is 88.5 Å². The fourth-order valence-corrected chi connectivity index (χ4v) is 4.85. The second kappa shape index (κ2) is 11.9. The van der Waals surface area contributed by atoms with Gasteiger partial charge in [-0.1, -0.05) is 15.9 Å². The van der Waals surface area contributed by atoms with Crippen molar-refractivity contribution in [2.45, 2.75) is 76.5 Å². The summed E-state index contributed by atoms with van der Waals surface area (Å²) >= 11 is 6.23. The monoisotopic (exact) mass is 613 g/mol. The second-order valence-electron chi connectivity index (χ2n) is 9.56. The molecule has 12 heteroatoms. The number of hydrogen-bond donors (Lipinski definition) is 2. The Hall–Kier alpha value is -1.37. The number of nitrogens with zero attached hydrogens (tertiary/aromatic N) is 1. The van der Waals surface area contributed by atoms with Crippen molar-refractivity contribution in [3.8, 4) is 0 Å². The van der Waals surface area contributed by atoms with E-state index in [1.54, 1.807) is 17.0 Å². The molecular formula is C21H33Br2N3O6S. The number of nitrogens with one attached hydrogen (secondary N) is 1. The fourth-order valence-electron chi connectivity index (χ4n) is 2.78. The molecule has 1 fully saturated rings. The molecule has 3 N–H and O–H groups in total. The van der Waals surface area contributed by atoms with Crippen molar-refractivity contribution in [2.75, 3.05) is 13.2 Å². The topological polar surface area (TPSA) is 128 Å². The molecule has 0 aromatic heterocycles. The van der Waals surface area contributed by atoms with Crippen LogP contribution in [0.2, 0.25) is 0 Å². The smallest absolute Gasteiger partial charge is 0.410 e. The number of halogens is 2. The number of carbonyl (C=O) groups excluding carboxylic acids is 2. The largest absolute Gasteiger partial charge is 0.447 e. The van der Waals surface area contributed by atoms with Crippen LogP contribution in [0.3, 0.4) is 0 Å². The van der Waals surface area contributed by atoms with Gasteiger partial charge in [0.05, 0.1) is 10.9 Å². The first-order valence-corrected chi connectivity index (χ1v) is 13.4. The van der Waals surface area contributed by atoms with Crippen LogP contribution < -0.4 is 10.5 Å². The summed E-state index contributed by atoms with van der Waals surface area (Å²) in [6, 6.07) is 4.67. The van der Waals surface area contributed by atoms with Crippen LogP contribution in [0, 0.1) is 0 Å². The van der Waals surface area contributed by atoms with E-state index in [4.69, 9.17) is 14.6 Å². The lowest BCUT2D eigenvalue weighted by Gasteiger charge is -2.28. The number of sulfonamides is 1. The number of amides is 2. The molecule has 0 bridgehead atoms. The Kier molecular flexibility index (Phi) is 10.7. The van der Waals surface area contributed by atoms with Crippen molar-refractivity contribution in [2.24, 2.45) is 5.14 Å². The first kappa shape index (κ1) is 29.7. The molecule has 2 rings (SSSR count). The summed E-state index contributed by atoms with van der Waals surface area (Å²) in [7, 11) is -3.63. The lowest BCUT2D eigenvalue weighted by atomic mass is 10.1. The van der Waals surface area contributed by atoms with Crippen LogP contribution in [0.15, 0.2) is 32.0 Å². The zero-order valence-corrected chi connectivity index (χ0v) is 23.8. The molecule has 1 atom stereocenters. The van der Waals surface area contributed by atoms with E-state index in [0.29, 0.717) is 15.5 Å². The Labute approximate surface area is 213 Å². The Bertz CT molecular complexity index is 942. The van der Waals surface area contributed by atoms with Crippen LogP contribution in [-0.2, 0) is 19.5 Å². The summed E-state index contributed by atoms with van der Waals surface area (Å²) in [5, 5.41) is 7.68. The zero-order chi connectivity index (χ0) is 25.6. The van der Waals surface area contributed by atoms with E-state index in [1.807, 2.05) is 41.5 Å². The van der Waals surface area contributed by atoms with Crippen molar-refractivity contribution < 1.29 is 27.5 Å². The third-order valence-electron chi connectivity index (χ3n) is 4.09. The zero-order valence-electron chi connectivity index (χ0n) is 19.8. The highest BCUT2D eigenvalue weighted by molar-refractivity contribution is 9.11. The summed E-state index contributed by atoms with van der Waals surface area (Å²) in [5.41, 5.74) is -0.855. The lowest BCUT2D eigenvalue weighted by Crippen LogP contribution is -2.45. The van der Waals surface area contributed by atoms with Crippen LogP contribution in [0.5, 0.6) is 0 Å². The van der Waals surface area contributed by atoms with Crippen molar-refractivity contribution in [1.29, 1.82) is 0 Å². The number of primary sulfonamides is 1. The summed E-state index contributed by atoms with van der Waals surface area (Å²) in [4.78, 5) is 25.5. The maximum atomic E-state index is 12.1. The van der Waals surface area contributed by atoms with E-state index in [9.17, 15) is 18.0 Å². The maximum Gasteiger partial charge on any atom is 0.410 e. The molecule has 188 valence electrons. The molecule has 1 saturated heterocycles. The predicted octanol–water partition coefficient (Wildman–Crippen LogP) is 4.77. The number of benzene rings is 1. The fraction of sp³-hybridized carbons (Fsp3) is 0.619. The maximum absolute atomic E-state index is 12.1. The minimum atomic E-state index is -3.63. The van der Waals surface area contributed by atoms with Gasteiger partial charge in [0.15, 0.2) is 0 Å². The van der Waals surface area contributed by atoms with Crippen LogP contribution in [-0.4, -0.2) is 55.8 Å². The van der Waals surface area contributed by atoms with Crippen molar-refractivity contribution in [1.82, 2.24) is 10.2 Å². The highest BCUT2D eigenvalue weighted by atomic mass is 79.9. The number of carbonyl (C=O) groups is 2. The van der Waals surface area contributed by atoms with Gasteiger partial charge in [0, 0.05) is 21.0 Å². The van der Waals surface area contributed by atoms with E-state index < -0.39 is 21.7 Å². The average Bonchev–Trinajstić information content (AvgIpc) is 3.07. The van der Waals surface area contributed by atoms with Gasteiger partial charge in [-0.25, -0.2) is 23.1 Å². The summed E-state index contributed by atoms with van der Waals surface area (Å²) < 4.78 is 33.6. The molecule has 1 aromatic carbocycles. The standard InChI is InChI=1S/C15H28N2O4.C6H5Br2NO2S/c1-14(2,3)16-12(18)20-10-11-8-7-9-17(11)13(19)21-15(4,5)6;7-4-1-2-5(8)6(3-4)12(9,10)11/h11H,7-10H2,1-6H3,(H,16,18);1-3H,(H2,9,10,11)/t11-;/m1./s1.